The lowest BCUT2D eigenvalue weighted by atomic mass is 10.2. The summed E-state index contributed by atoms with van der Waals surface area (Å²) in [5.74, 6) is 0.0172. The van der Waals surface area contributed by atoms with Gasteiger partial charge in [-0.3, -0.25) is 9.59 Å². The van der Waals surface area contributed by atoms with E-state index < -0.39 is 0 Å². The zero-order valence-electron chi connectivity index (χ0n) is 16.7. The molecule has 0 atom stereocenters. The normalized spacial score (nSPS) is 13.4. The predicted molar refractivity (Wildman–Crippen MR) is 124 cm³/mol. The second kappa shape index (κ2) is 7.83. The number of anilines is 2. The Kier molecular flexibility index (Phi) is 5.00. The fraction of sp³-hybridized carbons (Fsp3) is 0.174. The maximum atomic E-state index is 12.8. The van der Waals surface area contributed by atoms with Crippen molar-refractivity contribution in [2.24, 2.45) is 5.92 Å². The Morgan fingerprint density at radius 3 is 2.42 bits per heavy atom. The summed E-state index contributed by atoms with van der Waals surface area (Å²) in [6.07, 6.45) is 1.92. The maximum absolute atomic E-state index is 12.8. The molecular weight excluding hydrogens is 432 g/mol. The van der Waals surface area contributed by atoms with E-state index in [9.17, 15) is 9.59 Å². The third kappa shape index (κ3) is 3.94. The first-order chi connectivity index (χ1) is 15.0. The molecule has 1 aliphatic rings. The molecule has 1 saturated carbocycles. The topological polar surface area (TPSA) is 76.0 Å². The van der Waals surface area contributed by atoms with Gasteiger partial charge in [-0.25, -0.2) is 4.68 Å². The summed E-state index contributed by atoms with van der Waals surface area (Å²) in [5, 5.41) is 11.9. The largest absolute Gasteiger partial charge is 0.326 e. The summed E-state index contributed by atoms with van der Waals surface area (Å²) in [5.41, 5.74) is 3.00. The van der Waals surface area contributed by atoms with Gasteiger partial charge < -0.3 is 10.6 Å². The molecule has 0 radical (unpaired) electrons. The first kappa shape index (κ1) is 19.8. The van der Waals surface area contributed by atoms with Gasteiger partial charge in [-0.05, 0) is 62.2 Å². The van der Waals surface area contributed by atoms with Gasteiger partial charge in [0.25, 0.3) is 5.91 Å². The molecule has 0 bridgehead atoms. The fourth-order valence-corrected chi connectivity index (χ4v) is 4.65. The number of aromatic nitrogens is 2. The molecule has 0 saturated heterocycles. The number of fused-ring (bicyclic) bond motifs is 1. The molecular formula is C23H19ClN4O2S. The van der Waals surface area contributed by atoms with Crippen molar-refractivity contribution in [3.05, 3.63) is 70.2 Å². The standard InChI is InChI=1S/C23H19ClN4O2S/c1-13-17-12-20(31-23(17)28(27-13)19-5-3-2-4-18(19)24)22(30)26-16-10-8-15(9-11-16)25-21(29)14-6-7-14/h2-5,8-12,14H,6-7H2,1H3,(H,25,29)(H,26,30). The minimum atomic E-state index is -0.193. The third-order valence-electron chi connectivity index (χ3n) is 5.21. The zero-order valence-corrected chi connectivity index (χ0v) is 18.3. The van der Waals surface area contributed by atoms with Crippen LogP contribution in [0.4, 0.5) is 11.4 Å². The maximum Gasteiger partial charge on any atom is 0.265 e. The van der Waals surface area contributed by atoms with Crippen LogP contribution >= 0.6 is 22.9 Å². The highest BCUT2D eigenvalue weighted by atomic mass is 35.5. The third-order valence-corrected chi connectivity index (χ3v) is 6.64. The number of thiophene rings is 1. The van der Waals surface area contributed by atoms with E-state index in [1.165, 1.54) is 11.3 Å². The summed E-state index contributed by atoms with van der Waals surface area (Å²) in [7, 11) is 0. The Bertz CT molecular complexity index is 1310. The SMILES string of the molecule is Cc1nn(-c2ccccc2Cl)c2sc(C(=O)Nc3ccc(NC(=O)C4CC4)cc3)cc12. The van der Waals surface area contributed by atoms with Crippen molar-refractivity contribution in [3.63, 3.8) is 0 Å². The second-order valence-electron chi connectivity index (χ2n) is 7.57. The fourth-order valence-electron chi connectivity index (χ4n) is 3.37. The first-order valence-corrected chi connectivity index (χ1v) is 11.2. The van der Waals surface area contributed by atoms with Crippen molar-refractivity contribution in [3.8, 4) is 5.69 Å². The smallest absolute Gasteiger partial charge is 0.265 e. The average Bonchev–Trinajstić information content (AvgIpc) is 3.45. The number of amides is 2. The lowest BCUT2D eigenvalue weighted by molar-refractivity contribution is -0.117. The number of rotatable bonds is 5. The number of hydrogen-bond acceptors (Lipinski definition) is 4. The molecule has 2 heterocycles. The number of para-hydroxylation sites is 1. The van der Waals surface area contributed by atoms with Gasteiger partial charge in [0, 0.05) is 22.7 Å². The van der Waals surface area contributed by atoms with Crippen molar-refractivity contribution >= 4 is 56.3 Å². The van der Waals surface area contributed by atoms with Crippen molar-refractivity contribution in [1.29, 1.82) is 0 Å². The minimum Gasteiger partial charge on any atom is -0.326 e. The molecule has 2 aromatic carbocycles. The van der Waals surface area contributed by atoms with Gasteiger partial charge in [-0.15, -0.1) is 11.3 Å². The molecule has 0 aliphatic heterocycles. The number of hydrogen-bond donors (Lipinski definition) is 2. The van der Waals surface area contributed by atoms with Crippen LogP contribution in [-0.2, 0) is 4.79 Å². The van der Waals surface area contributed by atoms with Gasteiger partial charge in [0.1, 0.15) is 4.83 Å². The molecule has 8 heteroatoms. The molecule has 1 fully saturated rings. The van der Waals surface area contributed by atoms with Crippen LogP contribution in [0.2, 0.25) is 5.02 Å². The summed E-state index contributed by atoms with van der Waals surface area (Å²) in [4.78, 5) is 26.2. The molecule has 2 N–H and O–H groups in total. The van der Waals surface area contributed by atoms with Gasteiger partial charge in [0.05, 0.1) is 21.3 Å². The Hall–Kier alpha value is -3.16. The van der Waals surface area contributed by atoms with Crippen LogP contribution in [0.5, 0.6) is 0 Å². The number of benzene rings is 2. The van der Waals surface area contributed by atoms with Crippen molar-refractivity contribution in [2.75, 3.05) is 10.6 Å². The van der Waals surface area contributed by atoms with Crippen LogP contribution in [0.25, 0.3) is 15.9 Å². The van der Waals surface area contributed by atoms with E-state index in [4.69, 9.17) is 11.6 Å². The van der Waals surface area contributed by atoms with Crippen molar-refractivity contribution in [2.45, 2.75) is 19.8 Å². The Morgan fingerprint density at radius 1 is 1.06 bits per heavy atom. The number of carbonyl (C=O) groups excluding carboxylic acids is 2. The lowest BCUT2D eigenvalue weighted by Gasteiger charge is -2.07. The molecule has 0 spiro atoms. The molecule has 156 valence electrons. The van der Waals surface area contributed by atoms with E-state index in [1.54, 1.807) is 28.9 Å². The van der Waals surface area contributed by atoms with E-state index in [0.29, 0.717) is 15.6 Å². The van der Waals surface area contributed by atoms with Crippen LogP contribution in [0.1, 0.15) is 28.2 Å². The lowest BCUT2D eigenvalue weighted by Crippen LogP contribution is -2.13. The van der Waals surface area contributed by atoms with Gasteiger partial charge in [-0.2, -0.15) is 5.10 Å². The number of aryl methyl sites for hydroxylation is 1. The van der Waals surface area contributed by atoms with Crippen LogP contribution in [-0.4, -0.2) is 21.6 Å². The number of nitrogens with one attached hydrogen (secondary N) is 2. The van der Waals surface area contributed by atoms with E-state index in [-0.39, 0.29) is 17.7 Å². The molecule has 0 unspecified atom stereocenters. The molecule has 4 aromatic rings. The number of carbonyl (C=O) groups is 2. The van der Waals surface area contributed by atoms with Crippen LogP contribution in [0, 0.1) is 12.8 Å². The van der Waals surface area contributed by atoms with Crippen molar-refractivity contribution < 1.29 is 9.59 Å². The average molecular weight is 451 g/mol. The zero-order chi connectivity index (χ0) is 21.5. The Morgan fingerprint density at radius 2 is 1.74 bits per heavy atom. The van der Waals surface area contributed by atoms with Gasteiger partial charge in [-0.1, -0.05) is 23.7 Å². The Labute approximate surface area is 187 Å². The van der Waals surface area contributed by atoms with Gasteiger partial charge in [0.2, 0.25) is 5.91 Å². The summed E-state index contributed by atoms with van der Waals surface area (Å²) < 4.78 is 1.78. The molecule has 6 nitrogen and oxygen atoms in total. The summed E-state index contributed by atoms with van der Waals surface area (Å²) >= 11 is 7.72. The van der Waals surface area contributed by atoms with E-state index in [1.807, 2.05) is 37.3 Å². The highest BCUT2D eigenvalue weighted by molar-refractivity contribution is 7.20. The summed E-state index contributed by atoms with van der Waals surface area (Å²) in [6.45, 7) is 1.92. The van der Waals surface area contributed by atoms with E-state index in [2.05, 4.69) is 15.7 Å². The number of halogens is 1. The van der Waals surface area contributed by atoms with Crippen LogP contribution in [0.15, 0.2) is 54.6 Å². The first-order valence-electron chi connectivity index (χ1n) is 9.96. The van der Waals surface area contributed by atoms with E-state index in [0.717, 1.165) is 40.1 Å². The molecule has 31 heavy (non-hydrogen) atoms. The van der Waals surface area contributed by atoms with Gasteiger partial charge in [0.15, 0.2) is 0 Å². The van der Waals surface area contributed by atoms with Crippen LogP contribution in [0.3, 0.4) is 0 Å². The molecule has 1 aliphatic carbocycles. The van der Waals surface area contributed by atoms with Gasteiger partial charge >= 0.3 is 0 Å². The molecule has 2 aromatic heterocycles. The molecule has 5 rings (SSSR count). The van der Waals surface area contributed by atoms with E-state index >= 15 is 0 Å². The summed E-state index contributed by atoms with van der Waals surface area (Å²) in [6, 6.07) is 16.5. The minimum absolute atomic E-state index is 0.0602. The second-order valence-corrected chi connectivity index (χ2v) is 9.01. The predicted octanol–water partition coefficient (Wildman–Crippen LogP) is 5.65. The Balaban J connectivity index is 1.36. The van der Waals surface area contributed by atoms with Crippen LogP contribution < -0.4 is 10.6 Å². The molecule has 2 amide bonds. The highest BCUT2D eigenvalue weighted by Gasteiger charge is 2.29. The quantitative estimate of drug-likeness (QED) is 0.412. The highest BCUT2D eigenvalue weighted by Crippen LogP contribution is 2.33. The monoisotopic (exact) mass is 450 g/mol. The number of nitrogens with zero attached hydrogens (tertiary/aromatic N) is 2. The van der Waals surface area contributed by atoms with Crippen molar-refractivity contribution in [1.82, 2.24) is 9.78 Å².